The minimum absolute atomic E-state index is 0.808. The topological polar surface area (TPSA) is 174 Å². The summed E-state index contributed by atoms with van der Waals surface area (Å²) in [6.45, 7) is 1.93. The van der Waals surface area contributed by atoms with Crippen molar-refractivity contribution in [1.29, 1.82) is 0 Å². The Labute approximate surface area is 241 Å². The van der Waals surface area contributed by atoms with Crippen LogP contribution in [0.5, 0.6) is 11.5 Å². The minimum Gasteiger partial charge on any atom is -0.726 e. The Morgan fingerprint density at radius 1 is 0.659 bits per heavy atom. The molecule has 0 bridgehead atoms. The van der Waals surface area contributed by atoms with Crippen molar-refractivity contribution in [3.05, 3.63) is 59.9 Å². The van der Waals surface area contributed by atoms with Crippen LogP contribution in [0.25, 0.3) is 21.8 Å². The maximum Gasteiger partial charge on any atom is 0.217 e. The van der Waals surface area contributed by atoms with Crippen molar-refractivity contribution in [2.24, 2.45) is 0 Å². The summed E-state index contributed by atoms with van der Waals surface area (Å²) in [5.41, 5.74) is 4.91. The standard InChI is InChI=1S/C24H32N4O.2CH4O4S/c1-27(2,3)15-17-13-25-23-9-7-19(11-21(17)23)29-20-8-10-24-22(12-20)18(14-26-24)16-28(4,5)6;2*1-5-6(2,3)4/h7-14,25-26H,15-16H2,1-6H3;2*1H3,(H,2,3,4)/q+2;;/p-2. The first-order chi connectivity index (χ1) is 18.7. The molecule has 0 spiro atoms. The zero-order chi connectivity index (χ0) is 31.2. The number of ether oxygens (including phenoxy) is 1. The van der Waals surface area contributed by atoms with Crippen LogP contribution in [-0.2, 0) is 42.3 Å². The van der Waals surface area contributed by atoms with Crippen molar-refractivity contribution in [3.8, 4) is 11.5 Å². The van der Waals surface area contributed by atoms with Crippen molar-refractivity contribution in [2.75, 3.05) is 56.5 Å². The van der Waals surface area contributed by atoms with E-state index in [1.807, 2.05) is 12.1 Å². The highest BCUT2D eigenvalue weighted by Crippen LogP contribution is 2.31. The molecule has 0 atom stereocenters. The van der Waals surface area contributed by atoms with E-state index >= 15 is 0 Å². The van der Waals surface area contributed by atoms with E-state index in [0.29, 0.717) is 0 Å². The maximum absolute atomic E-state index is 9.22. The fraction of sp³-hybridized carbons (Fsp3) is 0.385. The van der Waals surface area contributed by atoms with E-state index in [4.69, 9.17) is 4.74 Å². The summed E-state index contributed by atoms with van der Waals surface area (Å²) >= 11 is 0. The van der Waals surface area contributed by atoms with Gasteiger partial charge in [-0.25, -0.2) is 16.8 Å². The first kappa shape index (κ1) is 34.2. The minimum atomic E-state index is -4.41. The SMILES string of the molecule is COS(=O)(=O)[O-].COS(=O)(=O)[O-].C[N+](C)(C)Cc1c[nH]c2ccc(Oc3ccc4[nH]cc(C[N+](C)(C)C)c4c3)cc12. The summed E-state index contributed by atoms with van der Waals surface area (Å²) in [5, 5.41) is 2.45. The Balaban J connectivity index is 0.000000413. The van der Waals surface area contributed by atoms with Crippen LogP contribution >= 0.6 is 0 Å². The Bertz CT molecular complexity index is 1540. The summed E-state index contributed by atoms with van der Waals surface area (Å²) in [4.78, 5) is 6.76. The molecule has 41 heavy (non-hydrogen) atoms. The molecular weight excluding hydrogens is 576 g/mol. The van der Waals surface area contributed by atoms with Crippen molar-refractivity contribution in [1.82, 2.24) is 9.97 Å². The monoisotopic (exact) mass is 614 g/mol. The van der Waals surface area contributed by atoms with E-state index in [1.54, 1.807) is 0 Å². The van der Waals surface area contributed by atoms with Crippen LogP contribution in [0.1, 0.15) is 11.1 Å². The molecule has 2 N–H and O–H groups in total. The number of benzene rings is 2. The molecule has 2 heterocycles. The predicted molar refractivity (Wildman–Crippen MR) is 154 cm³/mol. The van der Waals surface area contributed by atoms with Gasteiger partial charge in [-0.3, -0.25) is 8.37 Å². The molecule has 4 rings (SSSR count). The number of hydrogen-bond acceptors (Lipinski definition) is 9. The number of nitrogens with zero attached hydrogens (tertiary/aromatic N) is 2. The van der Waals surface area contributed by atoms with Gasteiger partial charge in [0.1, 0.15) is 24.6 Å². The molecule has 0 unspecified atom stereocenters. The Hall–Kier alpha value is -3.02. The third-order valence-corrected chi connectivity index (χ3v) is 6.23. The molecule has 0 saturated carbocycles. The van der Waals surface area contributed by atoms with E-state index in [0.717, 1.165) is 58.8 Å². The fourth-order valence-corrected chi connectivity index (χ4v) is 3.86. The van der Waals surface area contributed by atoms with Gasteiger partial charge in [0.25, 0.3) is 0 Å². The summed E-state index contributed by atoms with van der Waals surface area (Å²) in [7, 11) is 6.04. The predicted octanol–water partition coefficient (Wildman–Crippen LogP) is 3.04. The van der Waals surface area contributed by atoms with E-state index in [2.05, 4.69) is 97.3 Å². The first-order valence-electron chi connectivity index (χ1n) is 12.2. The van der Waals surface area contributed by atoms with Crippen LogP contribution in [0.15, 0.2) is 48.8 Å². The summed E-state index contributed by atoms with van der Waals surface area (Å²) < 4.78 is 70.1. The molecule has 0 amide bonds. The highest BCUT2D eigenvalue weighted by atomic mass is 32.3. The first-order valence-corrected chi connectivity index (χ1v) is 14.9. The lowest BCUT2D eigenvalue weighted by atomic mass is 10.1. The third kappa shape index (κ3) is 12.2. The second-order valence-corrected chi connectivity index (χ2v) is 13.5. The molecule has 0 aliphatic carbocycles. The second-order valence-electron chi connectivity index (χ2n) is 11.2. The summed E-state index contributed by atoms with van der Waals surface area (Å²) in [5.74, 6) is 1.73. The lowest BCUT2D eigenvalue weighted by Gasteiger charge is -2.23. The van der Waals surface area contributed by atoms with E-state index in [-0.39, 0.29) is 0 Å². The van der Waals surface area contributed by atoms with Gasteiger partial charge >= 0.3 is 0 Å². The largest absolute Gasteiger partial charge is 0.726 e. The van der Waals surface area contributed by atoms with E-state index < -0.39 is 20.8 Å². The molecule has 0 radical (unpaired) electrons. The molecule has 0 fully saturated rings. The highest BCUT2D eigenvalue weighted by molar-refractivity contribution is 7.81. The molecule has 228 valence electrons. The number of rotatable bonds is 8. The van der Waals surface area contributed by atoms with Crippen LogP contribution in [0, 0.1) is 0 Å². The molecular formula is C26H38N4O9S2. The van der Waals surface area contributed by atoms with Gasteiger partial charge < -0.3 is 32.8 Å². The molecule has 0 saturated heterocycles. The Morgan fingerprint density at radius 2 is 0.976 bits per heavy atom. The van der Waals surface area contributed by atoms with E-state index in [9.17, 15) is 25.9 Å². The van der Waals surface area contributed by atoms with Crippen molar-refractivity contribution in [2.45, 2.75) is 13.1 Å². The molecule has 2 aromatic heterocycles. The summed E-state index contributed by atoms with van der Waals surface area (Å²) in [6.07, 6.45) is 4.22. The number of aromatic nitrogens is 2. The van der Waals surface area contributed by atoms with Crippen LogP contribution in [-0.4, -0.2) is 101 Å². The van der Waals surface area contributed by atoms with Gasteiger partial charge in [0, 0.05) is 45.3 Å². The number of aromatic amines is 2. The third-order valence-electron chi connectivity index (χ3n) is 5.41. The van der Waals surface area contributed by atoms with Crippen LogP contribution in [0.3, 0.4) is 0 Å². The van der Waals surface area contributed by atoms with E-state index in [1.165, 1.54) is 21.9 Å². The van der Waals surface area contributed by atoms with Crippen LogP contribution in [0.2, 0.25) is 0 Å². The molecule has 2 aromatic carbocycles. The van der Waals surface area contributed by atoms with Crippen molar-refractivity contribution >= 4 is 42.6 Å². The van der Waals surface area contributed by atoms with Gasteiger partial charge in [0.2, 0.25) is 20.8 Å². The molecule has 13 nitrogen and oxygen atoms in total. The maximum atomic E-state index is 9.22. The lowest BCUT2D eigenvalue weighted by Crippen LogP contribution is -2.33. The number of nitrogens with one attached hydrogen (secondary N) is 2. The Morgan fingerprint density at radius 3 is 1.24 bits per heavy atom. The molecule has 0 aliphatic heterocycles. The lowest BCUT2D eigenvalue weighted by molar-refractivity contribution is -0.883. The second kappa shape index (κ2) is 13.3. The van der Waals surface area contributed by atoms with Gasteiger partial charge in [0.15, 0.2) is 0 Å². The number of quaternary nitrogens is 2. The zero-order valence-electron chi connectivity index (χ0n) is 24.4. The van der Waals surface area contributed by atoms with Crippen LogP contribution in [0.4, 0.5) is 0 Å². The highest BCUT2D eigenvalue weighted by Gasteiger charge is 2.15. The van der Waals surface area contributed by atoms with Gasteiger partial charge in [0.05, 0.1) is 56.5 Å². The average molecular weight is 615 g/mol. The molecule has 15 heteroatoms. The number of fused-ring (bicyclic) bond motifs is 2. The van der Waals surface area contributed by atoms with Gasteiger partial charge in [-0.1, -0.05) is 0 Å². The number of H-pyrrole nitrogens is 2. The normalized spacial score (nSPS) is 12.4. The quantitative estimate of drug-likeness (QED) is 0.172. The van der Waals surface area contributed by atoms with Crippen molar-refractivity contribution in [3.63, 3.8) is 0 Å². The fourth-order valence-electron chi connectivity index (χ4n) is 3.86. The van der Waals surface area contributed by atoms with Crippen LogP contribution < -0.4 is 4.74 Å². The zero-order valence-corrected chi connectivity index (χ0v) is 26.1. The molecule has 0 aliphatic rings. The smallest absolute Gasteiger partial charge is 0.217 e. The molecule has 4 aromatic rings. The average Bonchev–Trinajstić information content (AvgIpc) is 3.40. The number of hydrogen-bond donors (Lipinski definition) is 2. The van der Waals surface area contributed by atoms with Gasteiger partial charge in [-0.2, -0.15) is 0 Å². The van der Waals surface area contributed by atoms with Gasteiger partial charge in [-0.05, 0) is 36.4 Å². The summed E-state index contributed by atoms with van der Waals surface area (Å²) in [6, 6.07) is 12.5. The van der Waals surface area contributed by atoms with Gasteiger partial charge in [-0.15, -0.1) is 0 Å². The Kier molecular flexibility index (Phi) is 11.1. The van der Waals surface area contributed by atoms with Crippen molar-refractivity contribution < 1.29 is 48.0 Å².